The quantitative estimate of drug-likeness (QED) is 0.364. The van der Waals surface area contributed by atoms with Crippen LogP contribution in [0.5, 0.6) is 0 Å². The van der Waals surface area contributed by atoms with Gasteiger partial charge in [0.1, 0.15) is 0 Å². The molecule has 37 heavy (non-hydrogen) atoms. The molecule has 0 bridgehead atoms. The van der Waals surface area contributed by atoms with Crippen LogP contribution in [0.4, 0.5) is 0 Å². The fourth-order valence-electron chi connectivity index (χ4n) is 5.98. The Morgan fingerprint density at radius 3 is 2.11 bits per heavy atom. The lowest BCUT2D eigenvalue weighted by molar-refractivity contribution is -0.129. The maximum absolute atomic E-state index is 13.8. The third-order valence-electron chi connectivity index (χ3n) is 7.60. The van der Waals surface area contributed by atoms with E-state index in [0.29, 0.717) is 12.1 Å². The number of likely N-dealkylation sites (tertiary alicyclic amines) is 1. The molecule has 1 aliphatic heterocycles. The normalized spacial score (nSPS) is 18.1. The minimum Gasteiger partial charge on any atom is -0.354 e. The van der Waals surface area contributed by atoms with Gasteiger partial charge in [-0.05, 0) is 52.8 Å². The number of nitrogens with one attached hydrogen (secondary N) is 1. The van der Waals surface area contributed by atoms with Crippen LogP contribution in [0.2, 0.25) is 0 Å². The van der Waals surface area contributed by atoms with Gasteiger partial charge in [0.05, 0.1) is 18.4 Å². The zero-order valence-electron chi connectivity index (χ0n) is 21.0. The predicted molar refractivity (Wildman–Crippen MR) is 142 cm³/mol. The summed E-state index contributed by atoms with van der Waals surface area (Å²) in [5.41, 5.74) is 7.54. The SMILES string of the molecule is Cc1c2c(c(C)c(-c3ccccc3)c1-c1ccccc1)C1C(=O)N(CCC(=O)NCCN=O)C[C@H]1C2=O. The van der Waals surface area contributed by atoms with Crippen molar-refractivity contribution in [2.75, 3.05) is 26.2 Å². The summed E-state index contributed by atoms with van der Waals surface area (Å²) in [6.45, 7) is 4.75. The second kappa shape index (κ2) is 10.1. The molecule has 3 aromatic carbocycles. The largest absolute Gasteiger partial charge is 0.354 e. The van der Waals surface area contributed by atoms with Gasteiger partial charge in [0.15, 0.2) is 5.78 Å². The van der Waals surface area contributed by atoms with Gasteiger partial charge in [-0.15, -0.1) is 0 Å². The van der Waals surface area contributed by atoms with Crippen molar-refractivity contribution in [3.8, 4) is 22.3 Å². The van der Waals surface area contributed by atoms with E-state index in [0.717, 1.165) is 38.9 Å². The molecule has 0 aromatic heterocycles. The highest BCUT2D eigenvalue weighted by molar-refractivity contribution is 6.14. The Kier molecular flexibility index (Phi) is 6.70. The van der Waals surface area contributed by atoms with Crippen LogP contribution in [0.25, 0.3) is 22.3 Å². The third-order valence-corrected chi connectivity index (χ3v) is 7.60. The van der Waals surface area contributed by atoms with Gasteiger partial charge in [-0.3, -0.25) is 14.4 Å². The number of rotatable bonds is 8. The number of benzene rings is 3. The van der Waals surface area contributed by atoms with Crippen LogP contribution >= 0.6 is 0 Å². The number of amides is 2. The first-order valence-electron chi connectivity index (χ1n) is 12.6. The molecule has 1 aliphatic carbocycles. The monoisotopic (exact) mass is 495 g/mol. The maximum atomic E-state index is 13.8. The molecule has 1 N–H and O–H groups in total. The highest BCUT2D eigenvalue weighted by atomic mass is 16.3. The summed E-state index contributed by atoms with van der Waals surface area (Å²) >= 11 is 0. The summed E-state index contributed by atoms with van der Waals surface area (Å²) < 4.78 is 0. The standard InChI is InChI=1S/C30H29N3O4/c1-18-24(20-9-5-3-6-10-20)25(21-11-7-4-8-12-21)19(2)27-26(18)28-22(29(27)35)17-33(30(28)36)16-13-23(34)31-14-15-32-37/h3-12,22,28H,13-17H2,1-2H3,(H,31,34)/t22-,28?/m1/s1. The summed E-state index contributed by atoms with van der Waals surface area (Å²) in [6.07, 6.45) is 0.116. The molecule has 2 aliphatic rings. The van der Waals surface area contributed by atoms with Crippen molar-refractivity contribution in [3.05, 3.63) is 87.8 Å². The molecule has 7 nitrogen and oxygen atoms in total. The maximum Gasteiger partial charge on any atom is 0.231 e. The third kappa shape index (κ3) is 4.24. The van der Waals surface area contributed by atoms with E-state index in [1.54, 1.807) is 4.90 Å². The molecule has 2 amide bonds. The first-order chi connectivity index (χ1) is 17.9. The Balaban J connectivity index is 1.55. The van der Waals surface area contributed by atoms with Gasteiger partial charge in [-0.1, -0.05) is 65.8 Å². The molecular weight excluding hydrogens is 466 g/mol. The molecule has 3 aromatic rings. The van der Waals surface area contributed by atoms with Gasteiger partial charge < -0.3 is 10.2 Å². The Morgan fingerprint density at radius 1 is 0.919 bits per heavy atom. The topological polar surface area (TPSA) is 95.9 Å². The molecule has 1 saturated heterocycles. The minimum absolute atomic E-state index is 0.00903. The molecule has 0 spiro atoms. The zero-order chi connectivity index (χ0) is 26.1. The van der Waals surface area contributed by atoms with Crippen LogP contribution in [0.3, 0.4) is 0 Å². The number of ketones is 1. The van der Waals surface area contributed by atoms with Crippen molar-refractivity contribution in [1.82, 2.24) is 10.2 Å². The van der Waals surface area contributed by atoms with E-state index in [4.69, 9.17) is 0 Å². The van der Waals surface area contributed by atoms with Crippen LogP contribution in [0, 0.1) is 24.7 Å². The van der Waals surface area contributed by atoms with Gasteiger partial charge in [-0.2, -0.15) is 4.91 Å². The molecule has 1 heterocycles. The average Bonchev–Trinajstić information content (AvgIpc) is 3.39. The van der Waals surface area contributed by atoms with Crippen molar-refractivity contribution in [1.29, 1.82) is 0 Å². The number of hydrogen-bond donors (Lipinski definition) is 1. The van der Waals surface area contributed by atoms with Gasteiger partial charge in [0.2, 0.25) is 11.8 Å². The predicted octanol–water partition coefficient (Wildman–Crippen LogP) is 4.65. The van der Waals surface area contributed by atoms with E-state index in [2.05, 4.69) is 34.8 Å². The van der Waals surface area contributed by atoms with Crippen molar-refractivity contribution in [2.24, 2.45) is 11.1 Å². The van der Waals surface area contributed by atoms with Crippen LogP contribution in [-0.2, 0) is 9.59 Å². The molecule has 1 fully saturated rings. The highest BCUT2D eigenvalue weighted by Crippen LogP contribution is 2.51. The van der Waals surface area contributed by atoms with E-state index in [1.165, 1.54) is 0 Å². The summed E-state index contributed by atoms with van der Waals surface area (Å²) in [6, 6.07) is 20.2. The van der Waals surface area contributed by atoms with E-state index < -0.39 is 11.8 Å². The van der Waals surface area contributed by atoms with Crippen LogP contribution in [0.1, 0.15) is 39.4 Å². The summed E-state index contributed by atoms with van der Waals surface area (Å²) in [7, 11) is 0. The van der Waals surface area contributed by atoms with Crippen molar-refractivity contribution >= 4 is 17.6 Å². The smallest absolute Gasteiger partial charge is 0.231 e. The van der Waals surface area contributed by atoms with Crippen LogP contribution in [-0.4, -0.2) is 48.7 Å². The molecule has 5 rings (SSSR count). The second-order valence-electron chi connectivity index (χ2n) is 9.71. The lowest BCUT2D eigenvalue weighted by Gasteiger charge is -2.24. The Morgan fingerprint density at radius 2 is 1.51 bits per heavy atom. The van der Waals surface area contributed by atoms with Crippen molar-refractivity contribution in [2.45, 2.75) is 26.2 Å². The number of carbonyl (C=O) groups is 3. The fourth-order valence-corrected chi connectivity index (χ4v) is 5.98. The number of carbonyl (C=O) groups excluding carboxylic acids is 3. The first-order valence-corrected chi connectivity index (χ1v) is 12.6. The summed E-state index contributed by atoms with van der Waals surface area (Å²) in [5.74, 6) is -1.32. The Hall–Kier alpha value is -4.13. The van der Waals surface area contributed by atoms with E-state index >= 15 is 0 Å². The average molecular weight is 496 g/mol. The summed E-state index contributed by atoms with van der Waals surface area (Å²) in [5, 5.41) is 5.35. The Labute approximate surface area is 215 Å². The van der Waals surface area contributed by atoms with Crippen LogP contribution in [0.15, 0.2) is 65.8 Å². The molecule has 7 heteroatoms. The van der Waals surface area contributed by atoms with Crippen molar-refractivity contribution < 1.29 is 14.4 Å². The van der Waals surface area contributed by atoms with Gasteiger partial charge in [0, 0.05) is 31.6 Å². The molecule has 1 unspecified atom stereocenters. The van der Waals surface area contributed by atoms with Gasteiger partial charge in [-0.25, -0.2) is 0 Å². The number of nitroso groups, excluding NO2 is 1. The fraction of sp³-hybridized carbons (Fsp3) is 0.300. The highest BCUT2D eigenvalue weighted by Gasteiger charge is 2.53. The molecule has 0 saturated carbocycles. The van der Waals surface area contributed by atoms with Gasteiger partial charge >= 0.3 is 0 Å². The number of hydrogen-bond acceptors (Lipinski definition) is 5. The number of Topliss-reactive ketones (excluding diaryl/α,β-unsaturated/α-hetero) is 1. The van der Waals surface area contributed by atoms with Gasteiger partial charge in [0.25, 0.3) is 0 Å². The summed E-state index contributed by atoms with van der Waals surface area (Å²) in [4.78, 5) is 51.4. The zero-order valence-corrected chi connectivity index (χ0v) is 21.0. The molecular formula is C30H29N3O4. The minimum atomic E-state index is -0.532. The second-order valence-corrected chi connectivity index (χ2v) is 9.71. The van der Waals surface area contributed by atoms with E-state index in [1.807, 2.05) is 50.2 Å². The lowest BCUT2D eigenvalue weighted by atomic mass is 9.81. The lowest BCUT2D eigenvalue weighted by Crippen LogP contribution is -2.34. The molecule has 2 atom stereocenters. The Bertz CT molecular complexity index is 1390. The molecule has 0 radical (unpaired) electrons. The van der Waals surface area contributed by atoms with E-state index in [9.17, 15) is 19.3 Å². The number of fused-ring (bicyclic) bond motifs is 3. The number of nitrogens with zero attached hydrogens (tertiary/aromatic N) is 2. The van der Waals surface area contributed by atoms with E-state index in [-0.39, 0.29) is 43.7 Å². The van der Waals surface area contributed by atoms with Crippen molar-refractivity contribution in [3.63, 3.8) is 0 Å². The first kappa shape index (κ1) is 24.6. The van der Waals surface area contributed by atoms with Crippen LogP contribution < -0.4 is 5.32 Å². The molecule has 188 valence electrons.